The van der Waals surface area contributed by atoms with E-state index in [-0.39, 0.29) is 5.91 Å². The lowest BCUT2D eigenvalue weighted by molar-refractivity contribution is -0.131. The number of amides is 2. The number of piperazine rings is 1. The lowest BCUT2D eigenvalue weighted by Gasteiger charge is -2.32. The van der Waals surface area contributed by atoms with Gasteiger partial charge in [0.2, 0.25) is 12.3 Å². The molecule has 0 aliphatic carbocycles. The van der Waals surface area contributed by atoms with Crippen LogP contribution in [0.2, 0.25) is 0 Å². The summed E-state index contributed by atoms with van der Waals surface area (Å²) < 4.78 is 0. The second kappa shape index (κ2) is 7.78. The SMILES string of the molecule is CN(Cc1ccccc1)C(=O)CCN1CCN(C=O)CC1. The molecule has 1 aromatic rings. The summed E-state index contributed by atoms with van der Waals surface area (Å²) in [4.78, 5) is 28.6. The fourth-order valence-corrected chi connectivity index (χ4v) is 2.48. The molecule has 1 saturated heterocycles. The minimum absolute atomic E-state index is 0.164. The maximum atomic E-state index is 12.1. The highest BCUT2D eigenvalue weighted by Gasteiger charge is 2.17. The van der Waals surface area contributed by atoms with E-state index in [1.54, 1.807) is 9.80 Å². The molecular formula is C16H23N3O2. The topological polar surface area (TPSA) is 43.9 Å². The number of nitrogens with zero attached hydrogens (tertiary/aromatic N) is 3. The van der Waals surface area contributed by atoms with Crippen molar-refractivity contribution in [1.82, 2.24) is 14.7 Å². The molecule has 0 aromatic heterocycles. The van der Waals surface area contributed by atoms with Crippen LogP contribution in [0.5, 0.6) is 0 Å². The van der Waals surface area contributed by atoms with E-state index in [1.165, 1.54) is 0 Å². The van der Waals surface area contributed by atoms with E-state index in [2.05, 4.69) is 4.90 Å². The van der Waals surface area contributed by atoms with E-state index >= 15 is 0 Å². The van der Waals surface area contributed by atoms with E-state index in [9.17, 15) is 9.59 Å². The first kappa shape index (κ1) is 15.5. The molecule has 21 heavy (non-hydrogen) atoms. The van der Waals surface area contributed by atoms with Crippen LogP contribution in [-0.2, 0) is 16.1 Å². The molecule has 1 aliphatic heterocycles. The monoisotopic (exact) mass is 289 g/mol. The van der Waals surface area contributed by atoms with Gasteiger partial charge in [0.15, 0.2) is 0 Å². The van der Waals surface area contributed by atoms with Crippen LogP contribution in [0, 0.1) is 0 Å². The molecule has 5 nitrogen and oxygen atoms in total. The molecule has 0 radical (unpaired) electrons. The van der Waals surface area contributed by atoms with Crippen LogP contribution in [0.3, 0.4) is 0 Å². The van der Waals surface area contributed by atoms with Gasteiger partial charge in [0.1, 0.15) is 0 Å². The zero-order valence-electron chi connectivity index (χ0n) is 12.6. The third kappa shape index (κ3) is 4.86. The number of hydrogen-bond acceptors (Lipinski definition) is 3. The molecule has 0 spiro atoms. The molecule has 2 amide bonds. The second-order valence-corrected chi connectivity index (χ2v) is 5.47. The molecule has 1 fully saturated rings. The summed E-state index contributed by atoms with van der Waals surface area (Å²) >= 11 is 0. The lowest BCUT2D eigenvalue weighted by atomic mass is 10.2. The van der Waals surface area contributed by atoms with Crippen LogP contribution in [-0.4, -0.2) is 66.8 Å². The van der Waals surface area contributed by atoms with Crippen molar-refractivity contribution < 1.29 is 9.59 Å². The Balaban J connectivity index is 1.70. The van der Waals surface area contributed by atoms with E-state index in [0.29, 0.717) is 13.0 Å². The summed E-state index contributed by atoms with van der Waals surface area (Å²) in [6.07, 6.45) is 1.43. The van der Waals surface area contributed by atoms with Gasteiger partial charge in [-0.15, -0.1) is 0 Å². The minimum Gasteiger partial charge on any atom is -0.343 e. The van der Waals surface area contributed by atoms with Crippen LogP contribution >= 0.6 is 0 Å². The number of rotatable bonds is 6. The molecule has 2 rings (SSSR count). The van der Waals surface area contributed by atoms with Gasteiger partial charge in [-0.25, -0.2) is 0 Å². The highest BCUT2D eigenvalue weighted by atomic mass is 16.2. The van der Waals surface area contributed by atoms with Crippen LogP contribution in [0.4, 0.5) is 0 Å². The molecule has 0 N–H and O–H groups in total. The van der Waals surface area contributed by atoms with Crippen molar-refractivity contribution >= 4 is 12.3 Å². The van der Waals surface area contributed by atoms with E-state index in [0.717, 1.165) is 44.7 Å². The Morgan fingerprint density at radius 3 is 2.48 bits per heavy atom. The van der Waals surface area contributed by atoms with Crippen LogP contribution in [0.25, 0.3) is 0 Å². The normalized spacial score (nSPS) is 15.8. The van der Waals surface area contributed by atoms with Gasteiger partial charge < -0.3 is 9.80 Å². The Morgan fingerprint density at radius 2 is 1.86 bits per heavy atom. The van der Waals surface area contributed by atoms with Gasteiger partial charge in [-0.3, -0.25) is 14.5 Å². The standard InChI is InChI=1S/C16H23N3O2/c1-17(13-15-5-3-2-4-6-15)16(21)7-8-18-9-11-19(14-20)12-10-18/h2-6,14H,7-13H2,1H3. The highest BCUT2D eigenvalue weighted by Crippen LogP contribution is 2.06. The van der Waals surface area contributed by atoms with Crippen LogP contribution in [0.15, 0.2) is 30.3 Å². The smallest absolute Gasteiger partial charge is 0.223 e. The van der Waals surface area contributed by atoms with E-state index < -0.39 is 0 Å². The molecule has 0 bridgehead atoms. The number of carbonyl (C=O) groups excluding carboxylic acids is 2. The predicted octanol–water partition coefficient (Wildman–Crippen LogP) is 0.809. The Labute approximate surface area is 126 Å². The lowest BCUT2D eigenvalue weighted by Crippen LogP contribution is -2.46. The number of hydrogen-bond donors (Lipinski definition) is 0. The Morgan fingerprint density at radius 1 is 1.19 bits per heavy atom. The summed E-state index contributed by atoms with van der Waals surface area (Å²) in [5.74, 6) is 0.164. The van der Waals surface area contributed by atoms with Gasteiger partial charge in [0.05, 0.1) is 0 Å². The zero-order chi connectivity index (χ0) is 15.1. The van der Waals surface area contributed by atoms with Crippen molar-refractivity contribution in [2.75, 3.05) is 39.8 Å². The molecule has 5 heteroatoms. The first-order valence-electron chi connectivity index (χ1n) is 7.38. The fourth-order valence-electron chi connectivity index (χ4n) is 2.48. The summed E-state index contributed by atoms with van der Waals surface area (Å²) in [6, 6.07) is 10.0. The average Bonchev–Trinajstić information content (AvgIpc) is 2.54. The summed E-state index contributed by atoms with van der Waals surface area (Å²) in [5.41, 5.74) is 1.15. The van der Waals surface area contributed by atoms with Gasteiger partial charge in [0.25, 0.3) is 0 Å². The quantitative estimate of drug-likeness (QED) is 0.728. The second-order valence-electron chi connectivity index (χ2n) is 5.47. The molecule has 0 unspecified atom stereocenters. The van der Waals surface area contributed by atoms with Crippen molar-refractivity contribution in [3.8, 4) is 0 Å². The third-order valence-corrected chi connectivity index (χ3v) is 3.89. The maximum absolute atomic E-state index is 12.1. The molecular weight excluding hydrogens is 266 g/mol. The largest absolute Gasteiger partial charge is 0.343 e. The van der Waals surface area contributed by atoms with Crippen molar-refractivity contribution in [2.24, 2.45) is 0 Å². The third-order valence-electron chi connectivity index (χ3n) is 3.89. The summed E-state index contributed by atoms with van der Waals surface area (Å²) in [5, 5.41) is 0. The zero-order valence-corrected chi connectivity index (χ0v) is 12.6. The Kier molecular flexibility index (Phi) is 5.75. The van der Waals surface area contributed by atoms with Crippen LogP contribution in [0.1, 0.15) is 12.0 Å². The maximum Gasteiger partial charge on any atom is 0.223 e. The van der Waals surface area contributed by atoms with Gasteiger partial charge in [-0.1, -0.05) is 30.3 Å². The van der Waals surface area contributed by atoms with Crippen LogP contribution < -0.4 is 0 Å². The number of carbonyl (C=O) groups is 2. The molecule has 0 atom stereocenters. The van der Waals surface area contributed by atoms with E-state index in [4.69, 9.17) is 0 Å². The van der Waals surface area contributed by atoms with Gasteiger partial charge in [-0.05, 0) is 5.56 Å². The fraction of sp³-hybridized carbons (Fsp3) is 0.500. The summed E-state index contributed by atoms with van der Waals surface area (Å²) in [6.45, 7) is 4.65. The van der Waals surface area contributed by atoms with Gasteiger partial charge in [0, 0.05) is 52.7 Å². The van der Waals surface area contributed by atoms with E-state index in [1.807, 2.05) is 37.4 Å². The van der Waals surface area contributed by atoms with Crippen molar-refractivity contribution in [1.29, 1.82) is 0 Å². The highest BCUT2D eigenvalue weighted by molar-refractivity contribution is 5.76. The summed E-state index contributed by atoms with van der Waals surface area (Å²) in [7, 11) is 1.85. The van der Waals surface area contributed by atoms with Gasteiger partial charge >= 0.3 is 0 Å². The number of benzene rings is 1. The Bertz CT molecular complexity index is 456. The predicted molar refractivity (Wildman–Crippen MR) is 81.6 cm³/mol. The molecule has 1 aromatic carbocycles. The molecule has 1 aliphatic rings. The minimum atomic E-state index is 0.164. The average molecular weight is 289 g/mol. The van der Waals surface area contributed by atoms with Crippen molar-refractivity contribution in [3.05, 3.63) is 35.9 Å². The molecule has 0 saturated carbocycles. The molecule has 1 heterocycles. The van der Waals surface area contributed by atoms with Gasteiger partial charge in [-0.2, -0.15) is 0 Å². The first-order valence-corrected chi connectivity index (χ1v) is 7.38. The Hall–Kier alpha value is -1.88. The van der Waals surface area contributed by atoms with Crippen molar-refractivity contribution in [3.63, 3.8) is 0 Å². The first-order chi connectivity index (χ1) is 10.2. The van der Waals surface area contributed by atoms with Crippen molar-refractivity contribution in [2.45, 2.75) is 13.0 Å². The molecule has 114 valence electrons.